The molecule has 0 saturated heterocycles. The SMILES string of the molecule is CCN(CCc1cnn(C)c1)CC(C)(C)CN. The van der Waals surface area contributed by atoms with Gasteiger partial charge in [0.15, 0.2) is 0 Å². The summed E-state index contributed by atoms with van der Waals surface area (Å²) in [4.78, 5) is 2.46. The summed E-state index contributed by atoms with van der Waals surface area (Å²) in [5.74, 6) is 0. The number of nitrogens with two attached hydrogens (primary N) is 1. The Kier molecular flexibility index (Phi) is 5.15. The molecule has 0 fully saturated rings. The van der Waals surface area contributed by atoms with E-state index < -0.39 is 0 Å². The van der Waals surface area contributed by atoms with Crippen molar-refractivity contribution in [2.45, 2.75) is 27.2 Å². The average Bonchev–Trinajstić information content (AvgIpc) is 2.70. The second-order valence-electron chi connectivity index (χ2n) is 5.51. The molecule has 0 spiro atoms. The van der Waals surface area contributed by atoms with E-state index >= 15 is 0 Å². The van der Waals surface area contributed by atoms with Gasteiger partial charge in [-0.25, -0.2) is 0 Å². The highest BCUT2D eigenvalue weighted by molar-refractivity contribution is 5.04. The largest absolute Gasteiger partial charge is 0.330 e. The van der Waals surface area contributed by atoms with Crippen molar-refractivity contribution < 1.29 is 0 Å². The molecule has 4 nitrogen and oxygen atoms in total. The molecule has 1 rings (SSSR count). The molecule has 2 N–H and O–H groups in total. The summed E-state index contributed by atoms with van der Waals surface area (Å²) < 4.78 is 1.86. The summed E-state index contributed by atoms with van der Waals surface area (Å²) in [6.45, 7) is 10.6. The van der Waals surface area contributed by atoms with Crippen LogP contribution in [0.5, 0.6) is 0 Å². The third-order valence-electron chi connectivity index (χ3n) is 3.13. The zero-order valence-electron chi connectivity index (χ0n) is 11.6. The molecule has 98 valence electrons. The number of hydrogen-bond acceptors (Lipinski definition) is 3. The van der Waals surface area contributed by atoms with Crippen LogP contribution in [0.4, 0.5) is 0 Å². The number of aryl methyl sites for hydroxylation is 1. The molecular formula is C13H26N4. The summed E-state index contributed by atoms with van der Waals surface area (Å²) in [7, 11) is 1.96. The number of hydrogen-bond donors (Lipinski definition) is 1. The van der Waals surface area contributed by atoms with Gasteiger partial charge in [-0.05, 0) is 30.5 Å². The van der Waals surface area contributed by atoms with Crippen molar-refractivity contribution in [3.8, 4) is 0 Å². The molecule has 4 heteroatoms. The van der Waals surface area contributed by atoms with Gasteiger partial charge in [0, 0.05) is 26.3 Å². The molecule has 17 heavy (non-hydrogen) atoms. The maximum atomic E-state index is 5.78. The highest BCUT2D eigenvalue weighted by Gasteiger charge is 2.19. The lowest BCUT2D eigenvalue weighted by Crippen LogP contribution is -2.39. The first-order chi connectivity index (χ1) is 7.96. The molecule has 0 aliphatic heterocycles. The van der Waals surface area contributed by atoms with E-state index in [4.69, 9.17) is 5.73 Å². The summed E-state index contributed by atoms with van der Waals surface area (Å²) in [6.07, 6.45) is 5.09. The fourth-order valence-electron chi connectivity index (χ4n) is 1.91. The van der Waals surface area contributed by atoms with Crippen molar-refractivity contribution in [1.29, 1.82) is 0 Å². The normalized spacial score (nSPS) is 12.4. The van der Waals surface area contributed by atoms with Crippen LogP contribution in [0.3, 0.4) is 0 Å². The lowest BCUT2D eigenvalue weighted by Gasteiger charge is -2.30. The number of nitrogens with zero attached hydrogens (tertiary/aromatic N) is 3. The van der Waals surface area contributed by atoms with Gasteiger partial charge in [-0.3, -0.25) is 4.68 Å². The first-order valence-electron chi connectivity index (χ1n) is 6.37. The fourth-order valence-corrected chi connectivity index (χ4v) is 1.91. The minimum absolute atomic E-state index is 0.199. The molecule has 0 unspecified atom stereocenters. The molecule has 1 aromatic rings. The maximum Gasteiger partial charge on any atom is 0.0522 e. The molecule has 0 radical (unpaired) electrons. The average molecular weight is 238 g/mol. The van der Waals surface area contributed by atoms with E-state index in [2.05, 4.69) is 37.0 Å². The zero-order chi connectivity index (χ0) is 12.9. The van der Waals surface area contributed by atoms with Crippen LogP contribution in [0, 0.1) is 5.41 Å². The standard InChI is InChI=1S/C13H26N4/c1-5-17(11-13(2,3)10-14)7-6-12-8-15-16(4)9-12/h8-9H,5-7,10-11,14H2,1-4H3. The minimum Gasteiger partial charge on any atom is -0.330 e. The number of rotatable bonds is 7. The van der Waals surface area contributed by atoms with Gasteiger partial charge in [0.05, 0.1) is 6.20 Å². The molecule has 0 saturated carbocycles. The third-order valence-corrected chi connectivity index (χ3v) is 3.13. The molecular weight excluding hydrogens is 212 g/mol. The molecule has 0 aromatic carbocycles. The van der Waals surface area contributed by atoms with Crippen LogP contribution in [0.2, 0.25) is 0 Å². The predicted molar refractivity (Wildman–Crippen MR) is 71.9 cm³/mol. The van der Waals surface area contributed by atoms with Crippen molar-refractivity contribution in [2.24, 2.45) is 18.2 Å². The van der Waals surface area contributed by atoms with Crippen molar-refractivity contribution >= 4 is 0 Å². The smallest absolute Gasteiger partial charge is 0.0522 e. The van der Waals surface area contributed by atoms with Crippen LogP contribution < -0.4 is 5.73 Å². The van der Waals surface area contributed by atoms with E-state index in [-0.39, 0.29) is 5.41 Å². The number of likely N-dealkylation sites (N-methyl/N-ethyl adjacent to an activating group) is 1. The molecule has 0 atom stereocenters. The maximum absolute atomic E-state index is 5.78. The van der Waals surface area contributed by atoms with E-state index in [0.717, 1.165) is 32.6 Å². The highest BCUT2D eigenvalue weighted by Crippen LogP contribution is 2.15. The van der Waals surface area contributed by atoms with Crippen LogP contribution in [0.25, 0.3) is 0 Å². The lowest BCUT2D eigenvalue weighted by molar-refractivity contribution is 0.192. The molecule has 1 aromatic heterocycles. The summed E-state index contributed by atoms with van der Waals surface area (Å²) in [6, 6.07) is 0. The molecule has 1 heterocycles. The van der Waals surface area contributed by atoms with Crippen LogP contribution in [-0.4, -0.2) is 40.9 Å². The molecule has 0 bridgehead atoms. The Hall–Kier alpha value is -0.870. The quantitative estimate of drug-likeness (QED) is 0.778. The van der Waals surface area contributed by atoms with E-state index in [1.165, 1.54) is 5.56 Å². The van der Waals surface area contributed by atoms with Gasteiger partial charge in [-0.2, -0.15) is 5.10 Å². The van der Waals surface area contributed by atoms with E-state index in [1.54, 1.807) is 0 Å². The van der Waals surface area contributed by atoms with Crippen LogP contribution in [0.1, 0.15) is 26.3 Å². The lowest BCUT2D eigenvalue weighted by atomic mass is 9.93. The molecule has 0 aliphatic carbocycles. The van der Waals surface area contributed by atoms with Gasteiger partial charge < -0.3 is 10.6 Å². The van der Waals surface area contributed by atoms with Crippen LogP contribution >= 0.6 is 0 Å². The van der Waals surface area contributed by atoms with Gasteiger partial charge in [0.1, 0.15) is 0 Å². The summed E-state index contributed by atoms with van der Waals surface area (Å²) >= 11 is 0. The minimum atomic E-state index is 0.199. The van der Waals surface area contributed by atoms with Gasteiger partial charge >= 0.3 is 0 Å². The first-order valence-corrected chi connectivity index (χ1v) is 6.37. The molecule has 0 aliphatic rings. The van der Waals surface area contributed by atoms with Crippen molar-refractivity contribution in [2.75, 3.05) is 26.2 Å². The Morgan fingerprint density at radius 3 is 2.65 bits per heavy atom. The van der Waals surface area contributed by atoms with Gasteiger partial charge in [0.2, 0.25) is 0 Å². The van der Waals surface area contributed by atoms with Crippen LogP contribution in [-0.2, 0) is 13.5 Å². The van der Waals surface area contributed by atoms with Gasteiger partial charge in [-0.1, -0.05) is 20.8 Å². The Morgan fingerprint density at radius 2 is 2.18 bits per heavy atom. The summed E-state index contributed by atoms with van der Waals surface area (Å²) in [5, 5.41) is 4.19. The monoisotopic (exact) mass is 238 g/mol. The van der Waals surface area contributed by atoms with Gasteiger partial charge in [0.25, 0.3) is 0 Å². The number of aromatic nitrogens is 2. The van der Waals surface area contributed by atoms with E-state index in [1.807, 2.05) is 17.9 Å². The van der Waals surface area contributed by atoms with Crippen molar-refractivity contribution in [1.82, 2.24) is 14.7 Å². The Labute approximate surface area is 105 Å². The first kappa shape index (κ1) is 14.2. The van der Waals surface area contributed by atoms with Gasteiger partial charge in [-0.15, -0.1) is 0 Å². The topological polar surface area (TPSA) is 47.1 Å². The second-order valence-corrected chi connectivity index (χ2v) is 5.51. The van der Waals surface area contributed by atoms with Crippen LogP contribution in [0.15, 0.2) is 12.4 Å². The molecule has 0 amide bonds. The Balaban J connectivity index is 2.42. The summed E-state index contributed by atoms with van der Waals surface area (Å²) in [5.41, 5.74) is 7.28. The van der Waals surface area contributed by atoms with E-state index in [0.29, 0.717) is 0 Å². The zero-order valence-corrected chi connectivity index (χ0v) is 11.6. The Morgan fingerprint density at radius 1 is 1.47 bits per heavy atom. The fraction of sp³-hybridized carbons (Fsp3) is 0.769. The van der Waals surface area contributed by atoms with Crippen molar-refractivity contribution in [3.05, 3.63) is 18.0 Å². The Bertz CT molecular complexity index is 330. The van der Waals surface area contributed by atoms with E-state index in [9.17, 15) is 0 Å². The van der Waals surface area contributed by atoms with Crippen molar-refractivity contribution in [3.63, 3.8) is 0 Å². The second kappa shape index (κ2) is 6.17. The third kappa shape index (κ3) is 4.88. The predicted octanol–water partition coefficient (Wildman–Crippen LogP) is 1.27. The highest BCUT2D eigenvalue weighted by atomic mass is 15.2.